The van der Waals surface area contributed by atoms with Gasteiger partial charge in [-0.1, -0.05) is 12.1 Å². The SMILES string of the molecule is CC(c1cccc2c1CCCN(C)C(=O)O2)N(C)C. The van der Waals surface area contributed by atoms with Crippen LogP contribution in [0.5, 0.6) is 5.75 Å². The van der Waals surface area contributed by atoms with E-state index in [1.165, 1.54) is 11.1 Å². The molecule has 0 fully saturated rings. The average molecular weight is 262 g/mol. The van der Waals surface area contributed by atoms with Crippen molar-refractivity contribution in [1.82, 2.24) is 9.80 Å². The van der Waals surface area contributed by atoms with E-state index in [1.54, 1.807) is 11.9 Å². The summed E-state index contributed by atoms with van der Waals surface area (Å²) in [6, 6.07) is 6.29. The van der Waals surface area contributed by atoms with Crippen LogP contribution in [0, 0.1) is 0 Å². The molecule has 0 saturated carbocycles. The highest BCUT2D eigenvalue weighted by atomic mass is 16.6. The summed E-state index contributed by atoms with van der Waals surface area (Å²) < 4.78 is 5.49. The van der Waals surface area contributed by atoms with Gasteiger partial charge in [-0.25, -0.2) is 4.79 Å². The van der Waals surface area contributed by atoms with Gasteiger partial charge in [0.05, 0.1) is 0 Å². The highest BCUT2D eigenvalue weighted by Crippen LogP contribution is 2.31. The molecule has 0 aliphatic carbocycles. The zero-order valence-corrected chi connectivity index (χ0v) is 12.1. The van der Waals surface area contributed by atoms with Gasteiger partial charge in [-0.3, -0.25) is 0 Å². The Kier molecular flexibility index (Phi) is 4.10. The lowest BCUT2D eigenvalue weighted by Gasteiger charge is -2.27. The molecule has 0 N–H and O–H groups in total. The molecule has 0 radical (unpaired) electrons. The molecule has 1 aromatic carbocycles. The van der Waals surface area contributed by atoms with E-state index in [0.29, 0.717) is 11.8 Å². The standard InChI is InChI=1S/C15H22N2O2/c1-11(16(2)3)12-7-5-9-14-13(12)8-6-10-17(4)15(18)19-14/h5,7,9,11H,6,8,10H2,1-4H3. The number of ether oxygens (including phenoxy) is 1. The van der Waals surface area contributed by atoms with Crippen LogP contribution in [0.2, 0.25) is 0 Å². The Hall–Kier alpha value is -1.55. The number of hydrogen-bond donors (Lipinski definition) is 0. The van der Waals surface area contributed by atoms with Gasteiger partial charge in [0, 0.05) is 19.6 Å². The first-order valence-corrected chi connectivity index (χ1v) is 6.72. The van der Waals surface area contributed by atoms with E-state index in [0.717, 1.165) is 19.4 Å². The van der Waals surface area contributed by atoms with Crippen LogP contribution in [0.4, 0.5) is 4.79 Å². The van der Waals surface area contributed by atoms with E-state index in [-0.39, 0.29) is 6.09 Å². The zero-order valence-electron chi connectivity index (χ0n) is 12.1. The predicted octanol–water partition coefficient (Wildman–Crippen LogP) is 2.69. The molecule has 2 rings (SSSR count). The van der Waals surface area contributed by atoms with Crippen molar-refractivity contribution in [3.63, 3.8) is 0 Å². The molecule has 4 heteroatoms. The van der Waals surface area contributed by atoms with Crippen LogP contribution in [0.1, 0.15) is 30.5 Å². The summed E-state index contributed by atoms with van der Waals surface area (Å²) in [4.78, 5) is 15.6. The molecule has 1 aliphatic rings. The first kappa shape index (κ1) is 13.9. The Morgan fingerprint density at radius 1 is 1.37 bits per heavy atom. The normalized spacial score (nSPS) is 17.5. The van der Waals surface area contributed by atoms with E-state index >= 15 is 0 Å². The number of amides is 1. The minimum absolute atomic E-state index is 0.268. The summed E-state index contributed by atoms with van der Waals surface area (Å²) in [5.41, 5.74) is 2.42. The van der Waals surface area contributed by atoms with Crippen molar-refractivity contribution in [3.05, 3.63) is 29.3 Å². The van der Waals surface area contributed by atoms with E-state index in [9.17, 15) is 4.79 Å². The van der Waals surface area contributed by atoms with Crippen LogP contribution < -0.4 is 4.74 Å². The largest absolute Gasteiger partial charge is 0.414 e. The lowest BCUT2D eigenvalue weighted by molar-refractivity contribution is 0.159. The molecule has 1 amide bonds. The van der Waals surface area contributed by atoms with Gasteiger partial charge >= 0.3 is 6.09 Å². The van der Waals surface area contributed by atoms with Crippen LogP contribution in [-0.4, -0.2) is 43.6 Å². The van der Waals surface area contributed by atoms with Crippen LogP contribution in [0.25, 0.3) is 0 Å². The summed E-state index contributed by atoms with van der Waals surface area (Å²) >= 11 is 0. The Morgan fingerprint density at radius 2 is 2.11 bits per heavy atom. The number of hydrogen-bond acceptors (Lipinski definition) is 3. The van der Waals surface area contributed by atoms with Crippen molar-refractivity contribution in [3.8, 4) is 5.75 Å². The van der Waals surface area contributed by atoms with Crippen LogP contribution in [0.15, 0.2) is 18.2 Å². The Bertz CT molecular complexity index is 471. The monoisotopic (exact) mass is 262 g/mol. The van der Waals surface area contributed by atoms with Gasteiger partial charge in [0.15, 0.2) is 0 Å². The average Bonchev–Trinajstić information content (AvgIpc) is 2.37. The third-order valence-corrected chi connectivity index (χ3v) is 3.82. The number of carbonyl (C=O) groups excluding carboxylic acids is 1. The lowest BCUT2D eigenvalue weighted by Crippen LogP contribution is -2.33. The molecule has 1 atom stereocenters. The quantitative estimate of drug-likeness (QED) is 0.821. The van der Waals surface area contributed by atoms with E-state index in [1.807, 2.05) is 12.1 Å². The van der Waals surface area contributed by atoms with Gasteiger partial charge in [-0.2, -0.15) is 0 Å². The molecular weight excluding hydrogens is 240 g/mol. The van der Waals surface area contributed by atoms with Gasteiger partial charge in [0.2, 0.25) is 0 Å². The van der Waals surface area contributed by atoms with Crippen LogP contribution >= 0.6 is 0 Å². The number of benzene rings is 1. The van der Waals surface area contributed by atoms with Crippen LogP contribution in [-0.2, 0) is 6.42 Å². The summed E-state index contributed by atoms with van der Waals surface area (Å²) in [6.45, 7) is 2.91. The summed E-state index contributed by atoms with van der Waals surface area (Å²) in [5, 5.41) is 0. The van der Waals surface area contributed by atoms with Crippen molar-refractivity contribution in [2.24, 2.45) is 0 Å². The maximum absolute atomic E-state index is 11.8. The fourth-order valence-corrected chi connectivity index (χ4v) is 2.37. The molecule has 104 valence electrons. The molecule has 0 bridgehead atoms. The van der Waals surface area contributed by atoms with Gasteiger partial charge in [-0.15, -0.1) is 0 Å². The van der Waals surface area contributed by atoms with Crippen molar-refractivity contribution in [2.75, 3.05) is 27.7 Å². The highest BCUT2D eigenvalue weighted by Gasteiger charge is 2.21. The number of carbonyl (C=O) groups is 1. The van der Waals surface area contributed by atoms with Crippen molar-refractivity contribution >= 4 is 6.09 Å². The molecule has 1 aromatic rings. The minimum atomic E-state index is -0.268. The van der Waals surface area contributed by atoms with Gasteiger partial charge in [0.1, 0.15) is 5.75 Å². The zero-order chi connectivity index (χ0) is 14.0. The topological polar surface area (TPSA) is 32.8 Å². The van der Waals surface area contributed by atoms with Crippen molar-refractivity contribution in [2.45, 2.75) is 25.8 Å². The predicted molar refractivity (Wildman–Crippen MR) is 75.5 cm³/mol. The maximum Gasteiger partial charge on any atom is 0.414 e. The molecule has 0 aromatic heterocycles. The lowest BCUT2D eigenvalue weighted by atomic mass is 9.96. The van der Waals surface area contributed by atoms with E-state index in [2.05, 4.69) is 32.0 Å². The second kappa shape index (κ2) is 5.61. The number of rotatable bonds is 2. The molecule has 1 aliphatic heterocycles. The minimum Gasteiger partial charge on any atom is -0.410 e. The van der Waals surface area contributed by atoms with Crippen molar-refractivity contribution < 1.29 is 9.53 Å². The van der Waals surface area contributed by atoms with Crippen molar-refractivity contribution in [1.29, 1.82) is 0 Å². The molecule has 1 unspecified atom stereocenters. The maximum atomic E-state index is 11.8. The fraction of sp³-hybridized carbons (Fsp3) is 0.533. The molecule has 4 nitrogen and oxygen atoms in total. The Morgan fingerprint density at radius 3 is 2.79 bits per heavy atom. The number of nitrogens with zero attached hydrogens (tertiary/aromatic N) is 2. The summed E-state index contributed by atoms with van der Waals surface area (Å²) in [7, 11) is 5.90. The Balaban J connectivity index is 2.40. The van der Waals surface area contributed by atoms with E-state index < -0.39 is 0 Å². The van der Waals surface area contributed by atoms with Crippen LogP contribution in [0.3, 0.4) is 0 Å². The number of fused-ring (bicyclic) bond motifs is 1. The molecule has 0 spiro atoms. The smallest absolute Gasteiger partial charge is 0.410 e. The molecule has 19 heavy (non-hydrogen) atoms. The summed E-state index contributed by atoms with van der Waals surface area (Å²) in [6.07, 6.45) is 1.65. The first-order valence-electron chi connectivity index (χ1n) is 6.72. The van der Waals surface area contributed by atoms with Gasteiger partial charge in [0.25, 0.3) is 0 Å². The summed E-state index contributed by atoms with van der Waals surface area (Å²) in [5.74, 6) is 0.711. The fourth-order valence-electron chi connectivity index (χ4n) is 2.37. The molecule has 0 saturated heterocycles. The molecular formula is C15H22N2O2. The second-order valence-corrected chi connectivity index (χ2v) is 5.36. The van der Waals surface area contributed by atoms with E-state index in [4.69, 9.17) is 4.74 Å². The molecule has 1 heterocycles. The highest BCUT2D eigenvalue weighted by molar-refractivity contribution is 5.71. The van der Waals surface area contributed by atoms with Gasteiger partial charge in [-0.05, 0) is 51.1 Å². The second-order valence-electron chi connectivity index (χ2n) is 5.36. The third-order valence-electron chi connectivity index (χ3n) is 3.82. The first-order chi connectivity index (χ1) is 9.00. The van der Waals surface area contributed by atoms with Gasteiger partial charge < -0.3 is 14.5 Å². The Labute approximate surface area is 115 Å². The third kappa shape index (κ3) is 2.89.